The molecule has 1 saturated heterocycles. The highest BCUT2D eigenvalue weighted by Crippen LogP contribution is 2.34. The fourth-order valence-corrected chi connectivity index (χ4v) is 4.46. The number of hydrogen-bond acceptors (Lipinski definition) is 5. The van der Waals surface area contributed by atoms with Crippen LogP contribution in [0.1, 0.15) is 19.8 Å². The van der Waals surface area contributed by atoms with E-state index < -0.39 is 11.9 Å². The number of carbonyl (C=O) groups is 2. The standard InChI is InChI=1S/C25H24ClFN2O4/c1-15(24(30)29-11-3-4-16(14-29)25(31)32-2)33-18-6-8-21-19(9-10-28-23(21)13-18)20-7-5-17(27)12-22(20)26/h5-10,12-13,15-16H,3-4,11,14H2,1-2H3/t15-,16-/m1/s1. The van der Waals surface area contributed by atoms with Gasteiger partial charge in [0.05, 0.1) is 23.6 Å². The van der Waals surface area contributed by atoms with Crippen LogP contribution in [0, 0.1) is 11.7 Å². The number of nitrogens with zero attached hydrogens (tertiary/aromatic N) is 2. The Morgan fingerprint density at radius 1 is 1.18 bits per heavy atom. The van der Waals surface area contributed by atoms with Gasteiger partial charge in [-0.25, -0.2) is 4.39 Å². The molecule has 1 aliphatic heterocycles. The van der Waals surface area contributed by atoms with Crippen LogP contribution in [0.4, 0.5) is 4.39 Å². The zero-order chi connectivity index (χ0) is 23.5. The summed E-state index contributed by atoms with van der Waals surface area (Å²) in [6.45, 7) is 2.61. The van der Waals surface area contributed by atoms with E-state index in [1.165, 1.54) is 19.2 Å². The van der Waals surface area contributed by atoms with Crippen molar-refractivity contribution in [1.82, 2.24) is 9.88 Å². The first-order valence-electron chi connectivity index (χ1n) is 10.7. The van der Waals surface area contributed by atoms with E-state index in [4.69, 9.17) is 21.1 Å². The lowest BCUT2D eigenvalue weighted by atomic mass is 9.98. The summed E-state index contributed by atoms with van der Waals surface area (Å²) in [6, 6.07) is 11.5. The van der Waals surface area contributed by atoms with Crippen LogP contribution < -0.4 is 4.74 Å². The number of pyridine rings is 1. The van der Waals surface area contributed by atoms with Gasteiger partial charge in [0.2, 0.25) is 0 Å². The number of esters is 1. The Kier molecular flexibility index (Phi) is 6.79. The van der Waals surface area contributed by atoms with Gasteiger partial charge in [-0.3, -0.25) is 14.6 Å². The molecular formula is C25H24ClFN2O4. The van der Waals surface area contributed by atoms with Crippen molar-refractivity contribution < 1.29 is 23.5 Å². The number of ether oxygens (including phenoxy) is 2. The number of carbonyl (C=O) groups excluding carboxylic acids is 2. The molecule has 0 N–H and O–H groups in total. The van der Waals surface area contributed by atoms with Gasteiger partial charge in [-0.2, -0.15) is 0 Å². The molecule has 0 radical (unpaired) electrons. The van der Waals surface area contributed by atoms with E-state index in [1.54, 1.807) is 36.2 Å². The maximum atomic E-state index is 13.5. The molecule has 2 aromatic carbocycles. The van der Waals surface area contributed by atoms with E-state index in [0.29, 0.717) is 41.4 Å². The molecule has 8 heteroatoms. The molecule has 0 saturated carbocycles. The van der Waals surface area contributed by atoms with Gasteiger partial charge in [0.25, 0.3) is 5.91 Å². The molecule has 1 amide bonds. The molecule has 1 aliphatic rings. The number of halogens is 2. The van der Waals surface area contributed by atoms with Gasteiger partial charge in [-0.05, 0) is 61.7 Å². The SMILES string of the molecule is COC(=O)[C@@H]1CCCN(C(=O)[C@@H](C)Oc2ccc3c(-c4ccc(F)cc4Cl)ccnc3c2)C1. The third-order valence-corrected chi connectivity index (χ3v) is 6.18. The molecule has 1 aromatic heterocycles. The lowest BCUT2D eigenvalue weighted by molar-refractivity contribution is -0.150. The van der Waals surface area contributed by atoms with Crippen molar-refractivity contribution in [2.24, 2.45) is 5.92 Å². The Hall–Kier alpha value is -3.19. The van der Waals surface area contributed by atoms with Crippen LogP contribution in [0.5, 0.6) is 5.75 Å². The number of methoxy groups -OCH3 is 1. The minimum absolute atomic E-state index is 0.177. The largest absolute Gasteiger partial charge is 0.481 e. The smallest absolute Gasteiger partial charge is 0.310 e. The molecule has 0 bridgehead atoms. The van der Waals surface area contributed by atoms with Crippen LogP contribution >= 0.6 is 11.6 Å². The topological polar surface area (TPSA) is 68.7 Å². The molecule has 2 atom stereocenters. The first-order valence-corrected chi connectivity index (χ1v) is 11.1. The highest BCUT2D eigenvalue weighted by Gasteiger charge is 2.31. The summed E-state index contributed by atoms with van der Waals surface area (Å²) in [7, 11) is 1.36. The number of rotatable bonds is 5. The summed E-state index contributed by atoms with van der Waals surface area (Å²) in [5.41, 5.74) is 2.18. The Morgan fingerprint density at radius 2 is 2.00 bits per heavy atom. The molecule has 2 heterocycles. The predicted molar refractivity (Wildman–Crippen MR) is 124 cm³/mol. The van der Waals surface area contributed by atoms with Gasteiger partial charge in [0.1, 0.15) is 11.6 Å². The maximum Gasteiger partial charge on any atom is 0.310 e. The van der Waals surface area contributed by atoms with Crippen molar-refractivity contribution in [3.63, 3.8) is 0 Å². The Labute approximate surface area is 196 Å². The lowest BCUT2D eigenvalue weighted by Crippen LogP contribution is -2.47. The predicted octanol–water partition coefficient (Wildman–Crippen LogP) is 4.87. The number of aromatic nitrogens is 1. The minimum atomic E-state index is -0.728. The molecule has 4 rings (SSSR count). The van der Waals surface area contributed by atoms with Crippen LogP contribution in [0.3, 0.4) is 0 Å². The second-order valence-electron chi connectivity index (χ2n) is 8.07. The highest BCUT2D eigenvalue weighted by atomic mass is 35.5. The van der Waals surface area contributed by atoms with E-state index in [9.17, 15) is 14.0 Å². The number of fused-ring (bicyclic) bond motifs is 1. The third-order valence-electron chi connectivity index (χ3n) is 5.86. The quantitative estimate of drug-likeness (QED) is 0.497. The van der Waals surface area contributed by atoms with Gasteiger partial charge < -0.3 is 14.4 Å². The first kappa shape index (κ1) is 23.0. The van der Waals surface area contributed by atoms with Crippen LogP contribution in [-0.2, 0) is 14.3 Å². The summed E-state index contributed by atoms with van der Waals surface area (Å²) in [6.07, 6.45) is 2.37. The van der Waals surface area contributed by atoms with E-state index in [2.05, 4.69) is 4.98 Å². The highest BCUT2D eigenvalue weighted by molar-refractivity contribution is 6.33. The van der Waals surface area contributed by atoms with E-state index >= 15 is 0 Å². The monoisotopic (exact) mass is 470 g/mol. The average molecular weight is 471 g/mol. The van der Waals surface area contributed by atoms with Gasteiger partial charge in [0.15, 0.2) is 6.10 Å². The Bertz CT molecular complexity index is 1200. The third kappa shape index (κ3) is 4.93. The number of likely N-dealkylation sites (tertiary alicyclic amines) is 1. The van der Waals surface area contributed by atoms with Gasteiger partial charge >= 0.3 is 5.97 Å². The summed E-state index contributed by atoms with van der Waals surface area (Å²) in [5.74, 6) is -0.675. The van der Waals surface area contributed by atoms with Crippen molar-refractivity contribution >= 4 is 34.4 Å². The molecular weight excluding hydrogens is 447 g/mol. The van der Waals surface area contributed by atoms with Gasteiger partial charge in [0, 0.05) is 36.3 Å². The van der Waals surface area contributed by atoms with Gasteiger partial charge in [-0.15, -0.1) is 0 Å². The molecule has 0 unspecified atom stereocenters. The number of piperidine rings is 1. The number of amides is 1. The van der Waals surface area contributed by atoms with Crippen LogP contribution in [0.15, 0.2) is 48.7 Å². The Morgan fingerprint density at radius 3 is 2.76 bits per heavy atom. The van der Waals surface area contributed by atoms with Crippen LogP contribution in [0.2, 0.25) is 5.02 Å². The normalized spacial score (nSPS) is 17.0. The van der Waals surface area contributed by atoms with E-state index in [0.717, 1.165) is 17.4 Å². The molecule has 0 aliphatic carbocycles. The fraction of sp³-hybridized carbons (Fsp3) is 0.320. The van der Waals surface area contributed by atoms with Crippen LogP contribution in [0.25, 0.3) is 22.0 Å². The van der Waals surface area contributed by atoms with Crippen molar-refractivity contribution in [2.45, 2.75) is 25.9 Å². The van der Waals surface area contributed by atoms with E-state index in [1.807, 2.05) is 12.1 Å². The summed E-state index contributed by atoms with van der Waals surface area (Å²) < 4.78 is 24.2. The fourth-order valence-electron chi connectivity index (χ4n) is 4.19. The summed E-state index contributed by atoms with van der Waals surface area (Å²) >= 11 is 6.26. The molecule has 33 heavy (non-hydrogen) atoms. The van der Waals surface area contributed by atoms with Crippen molar-refractivity contribution in [2.75, 3.05) is 20.2 Å². The summed E-state index contributed by atoms with van der Waals surface area (Å²) in [4.78, 5) is 30.8. The molecule has 3 aromatic rings. The molecule has 6 nitrogen and oxygen atoms in total. The second-order valence-corrected chi connectivity index (χ2v) is 8.48. The molecule has 172 valence electrons. The van der Waals surface area contributed by atoms with E-state index in [-0.39, 0.29) is 17.8 Å². The summed E-state index contributed by atoms with van der Waals surface area (Å²) in [5, 5.41) is 1.14. The number of hydrogen-bond donors (Lipinski definition) is 0. The van der Waals surface area contributed by atoms with Gasteiger partial charge in [-0.1, -0.05) is 11.6 Å². The van der Waals surface area contributed by atoms with Crippen molar-refractivity contribution in [3.05, 3.63) is 59.5 Å². The van der Waals surface area contributed by atoms with Crippen molar-refractivity contribution in [1.29, 1.82) is 0 Å². The first-order chi connectivity index (χ1) is 15.9. The Balaban J connectivity index is 1.52. The molecule has 1 fully saturated rings. The zero-order valence-corrected chi connectivity index (χ0v) is 19.1. The number of benzene rings is 2. The minimum Gasteiger partial charge on any atom is -0.481 e. The second kappa shape index (κ2) is 9.75. The average Bonchev–Trinajstić information content (AvgIpc) is 2.82. The zero-order valence-electron chi connectivity index (χ0n) is 18.4. The van der Waals surface area contributed by atoms with Crippen LogP contribution in [-0.4, -0.2) is 48.1 Å². The molecule has 0 spiro atoms. The van der Waals surface area contributed by atoms with Crippen molar-refractivity contribution in [3.8, 4) is 16.9 Å². The lowest BCUT2D eigenvalue weighted by Gasteiger charge is -2.33. The maximum absolute atomic E-state index is 13.5.